The molecule has 0 bridgehead atoms. The molecular weight excluding hydrogens is 616 g/mol. The van der Waals surface area contributed by atoms with Gasteiger partial charge in [0.25, 0.3) is 0 Å². The Balaban J connectivity index is 2.71. The van der Waals surface area contributed by atoms with Gasteiger partial charge in [-0.3, -0.25) is 14.4 Å². The van der Waals surface area contributed by atoms with Gasteiger partial charge in [0.05, 0.1) is 0 Å². The highest BCUT2D eigenvalue weighted by Gasteiger charge is 2.41. The number of ether oxygens (including phenoxy) is 2. The van der Waals surface area contributed by atoms with E-state index in [1.54, 1.807) is 67.5 Å². The lowest BCUT2D eigenvalue weighted by atomic mass is 9.96. The Morgan fingerprint density at radius 2 is 1.48 bits per heavy atom. The first-order valence-corrected chi connectivity index (χ1v) is 16.2. The van der Waals surface area contributed by atoms with Gasteiger partial charge in [-0.05, 0) is 79.4 Å². The molecule has 2 rings (SSSR count). The van der Waals surface area contributed by atoms with E-state index in [0.717, 1.165) is 5.56 Å². The highest BCUT2D eigenvalue weighted by Crippen LogP contribution is 2.34. The number of hydrogen-bond acceptors (Lipinski definition) is 8. The van der Waals surface area contributed by atoms with Crippen LogP contribution in [-0.2, 0) is 35.1 Å². The van der Waals surface area contributed by atoms with Crippen molar-refractivity contribution in [2.75, 3.05) is 0 Å². The molecule has 264 valence electrons. The molecule has 0 aliphatic carbocycles. The molecule has 2 aromatic rings. The number of hydrogen-bond donors (Lipinski definition) is 4. The Hall–Kier alpha value is -4.61. The zero-order valence-electron chi connectivity index (χ0n) is 29.6. The number of amides is 4. The summed E-state index contributed by atoms with van der Waals surface area (Å²) in [5.41, 5.74) is 4.98. The van der Waals surface area contributed by atoms with Crippen molar-refractivity contribution in [1.82, 2.24) is 15.5 Å². The maximum atomic E-state index is 14.5. The van der Waals surface area contributed by atoms with Crippen LogP contribution >= 0.6 is 0 Å². The van der Waals surface area contributed by atoms with Crippen molar-refractivity contribution < 1.29 is 38.6 Å². The topological polar surface area (TPSA) is 177 Å². The number of rotatable bonds is 14. The standard InChI is InChI=1S/C36H52N4O8/c1-10-23(3)40(32(44)26(19-20-28(37)41)39-34(46)48-36(7,8)9)29(25-18-14-15-22(2)30(25)42)31(43)38-27(33(45)47-35(4,5)6)21-24-16-12-11-13-17-24/h11-18,23,26-27,29,42H,10,19-21H2,1-9H3,(H2,37,41)(H,38,43)(H,39,46). The maximum absolute atomic E-state index is 14.5. The van der Waals surface area contributed by atoms with Crippen LogP contribution in [0.25, 0.3) is 0 Å². The van der Waals surface area contributed by atoms with Crippen LogP contribution in [-0.4, -0.2) is 69.1 Å². The number of phenols is 1. The van der Waals surface area contributed by atoms with E-state index in [1.165, 1.54) is 11.0 Å². The minimum absolute atomic E-state index is 0.0900. The number of benzene rings is 2. The van der Waals surface area contributed by atoms with Crippen molar-refractivity contribution in [1.29, 1.82) is 0 Å². The van der Waals surface area contributed by atoms with Crippen LogP contribution in [0.15, 0.2) is 48.5 Å². The second kappa shape index (κ2) is 17.0. The van der Waals surface area contributed by atoms with Gasteiger partial charge in [-0.25, -0.2) is 9.59 Å². The first kappa shape index (κ1) is 39.6. The van der Waals surface area contributed by atoms with Crippen LogP contribution in [0.5, 0.6) is 5.75 Å². The number of carbonyl (C=O) groups is 5. The number of esters is 1. The summed E-state index contributed by atoms with van der Waals surface area (Å²) in [4.78, 5) is 68.5. The fourth-order valence-corrected chi connectivity index (χ4v) is 4.96. The van der Waals surface area contributed by atoms with Crippen molar-refractivity contribution in [2.45, 2.75) is 123 Å². The van der Waals surface area contributed by atoms with Crippen LogP contribution in [0.1, 0.15) is 97.4 Å². The maximum Gasteiger partial charge on any atom is 0.408 e. The highest BCUT2D eigenvalue weighted by molar-refractivity contribution is 5.95. The number of alkyl carbamates (subject to hydrolysis) is 1. The molecule has 0 fully saturated rings. The average molecular weight is 669 g/mol. The average Bonchev–Trinajstić information content (AvgIpc) is 2.97. The quantitative estimate of drug-likeness (QED) is 0.211. The van der Waals surface area contributed by atoms with Crippen molar-refractivity contribution in [3.8, 4) is 5.75 Å². The predicted molar refractivity (Wildman–Crippen MR) is 182 cm³/mol. The van der Waals surface area contributed by atoms with E-state index in [0.29, 0.717) is 12.0 Å². The summed E-state index contributed by atoms with van der Waals surface area (Å²) in [6, 6.07) is 9.32. The Morgan fingerprint density at radius 3 is 2.02 bits per heavy atom. The molecule has 0 aliphatic heterocycles. The molecule has 4 unspecified atom stereocenters. The van der Waals surface area contributed by atoms with Crippen LogP contribution in [0.4, 0.5) is 4.79 Å². The Labute approximate surface area is 283 Å². The van der Waals surface area contributed by atoms with E-state index >= 15 is 0 Å². The van der Waals surface area contributed by atoms with Crippen LogP contribution in [0.3, 0.4) is 0 Å². The number of nitrogens with two attached hydrogens (primary N) is 1. The summed E-state index contributed by atoms with van der Waals surface area (Å²) in [6.45, 7) is 15.3. The van der Waals surface area contributed by atoms with E-state index in [2.05, 4.69) is 10.6 Å². The molecule has 12 heteroatoms. The molecule has 0 aromatic heterocycles. The molecular formula is C36H52N4O8. The summed E-state index contributed by atoms with van der Waals surface area (Å²) < 4.78 is 11.1. The zero-order valence-corrected chi connectivity index (χ0v) is 29.6. The molecule has 12 nitrogen and oxygen atoms in total. The van der Waals surface area contributed by atoms with Gasteiger partial charge in [-0.1, -0.05) is 55.5 Å². The van der Waals surface area contributed by atoms with Crippen molar-refractivity contribution >= 4 is 29.8 Å². The van der Waals surface area contributed by atoms with Gasteiger partial charge in [0.1, 0.15) is 35.1 Å². The third-order valence-electron chi connectivity index (χ3n) is 7.37. The summed E-state index contributed by atoms with van der Waals surface area (Å²) in [7, 11) is 0. The van der Waals surface area contributed by atoms with E-state index in [9.17, 15) is 29.1 Å². The van der Waals surface area contributed by atoms with E-state index < -0.39 is 65.2 Å². The van der Waals surface area contributed by atoms with Crippen molar-refractivity contribution in [3.63, 3.8) is 0 Å². The fourth-order valence-electron chi connectivity index (χ4n) is 4.96. The minimum Gasteiger partial charge on any atom is -0.507 e. The van der Waals surface area contributed by atoms with Gasteiger partial charge in [-0.2, -0.15) is 0 Å². The lowest BCUT2D eigenvalue weighted by Gasteiger charge is -2.39. The molecule has 0 heterocycles. The molecule has 0 aliphatic rings. The number of para-hydroxylation sites is 1. The van der Waals surface area contributed by atoms with Crippen molar-refractivity contribution in [2.24, 2.45) is 5.73 Å². The van der Waals surface area contributed by atoms with Gasteiger partial charge < -0.3 is 35.8 Å². The monoisotopic (exact) mass is 668 g/mol. The molecule has 2 aromatic carbocycles. The summed E-state index contributed by atoms with van der Waals surface area (Å²) in [6.07, 6.45) is -0.862. The summed E-state index contributed by atoms with van der Waals surface area (Å²) in [5.74, 6) is -3.07. The van der Waals surface area contributed by atoms with Gasteiger partial charge in [0, 0.05) is 24.4 Å². The summed E-state index contributed by atoms with van der Waals surface area (Å²) >= 11 is 0. The number of carbonyl (C=O) groups excluding carboxylic acids is 5. The number of nitrogens with one attached hydrogen (secondary N) is 2. The first-order valence-electron chi connectivity index (χ1n) is 16.2. The molecule has 4 atom stereocenters. The largest absolute Gasteiger partial charge is 0.507 e. The summed E-state index contributed by atoms with van der Waals surface area (Å²) in [5, 5.41) is 16.6. The molecule has 48 heavy (non-hydrogen) atoms. The Bertz CT molecular complexity index is 1430. The second-order valence-corrected chi connectivity index (χ2v) is 13.9. The molecule has 0 saturated heterocycles. The molecule has 5 N–H and O–H groups in total. The third-order valence-corrected chi connectivity index (χ3v) is 7.37. The van der Waals surface area contributed by atoms with Gasteiger partial charge in [-0.15, -0.1) is 0 Å². The third kappa shape index (κ3) is 12.2. The van der Waals surface area contributed by atoms with Crippen LogP contribution in [0.2, 0.25) is 0 Å². The lowest BCUT2D eigenvalue weighted by Crippen LogP contribution is -2.57. The fraction of sp³-hybridized carbons (Fsp3) is 0.528. The first-order chi connectivity index (χ1) is 22.2. The number of aryl methyl sites for hydroxylation is 1. The predicted octanol–water partition coefficient (Wildman–Crippen LogP) is 4.60. The Kier molecular flexibility index (Phi) is 14.0. The molecule has 4 amide bonds. The SMILES string of the molecule is CCC(C)N(C(=O)C(CCC(N)=O)NC(=O)OC(C)(C)C)C(C(=O)NC(Cc1ccccc1)C(=O)OC(C)(C)C)c1cccc(C)c1O. The van der Waals surface area contributed by atoms with Gasteiger partial charge in [0.15, 0.2) is 0 Å². The number of aromatic hydroxyl groups is 1. The van der Waals surface area contributed by atoms with E-state index in [4.69, 9.17) is 15.2 Å². The van der Waals surface area contributed by atoms with Gasteiger partial charge >= 0.3 is 12.1 Å². The van der Waals surface area contributed by atoms with Crippen LogP contribution in [0, 0.1) is 6.92 Å². The number of primary amides is 1. The zero-order chi connectivity index (χ0) is 36.4. The molecule has 0 saturated carbocycles. The van der Waals surface area contributed by atoms with E-state index in [1.807, 2.05) is 37.3 Å². The highest BCUT2D eigenvalue weighted by atomic mass is 16.6. The van der Waals surface area contributed by atoms with Crippen LogP contribution < -0.4 is 16.4 Å². The second-order valence-electron chi connectivity index (χ2n) is 13.9. The van der Waals surface area contributed by atoms with Crippen molar-refractivity contribution in [3.05, 3.63) is 65.2 Å². The molecule has 0 spiro atoms. The smallest absolute Gasteiger partial charge is 0.408 e. The number of phenolic OH excluding ortho intramolecular Hbond substituents is 1. The minimum atomic E-state index is -1.47. The lowest BCUT2D eigenvalue weighted by molar-refractivity contribution is -0.159. The number of nitrogens with zero attached hydrogens (tertiary/aromatic N) is 1. The molecule has 0 radical (unpaired) electrons. The normalized spacial score (nSPS) is 14.1. The van der Waals surface area contributed by atoms with E-state index in [-0.39, 0.29) is 30.6 Å². The van der Waals surface area contributed by atoms with Gasteiger partial charge in [0.2, 0.25) is 17.7 Å². The Morgan fingerprint density at radius 1 is 0.875 bits per heavy atom.